The number of anilines is 1. The number of carbonyl (C=O) groups excluding carboxylic acids is 1. The van der Waals surface area contributed by atoms with Gasteiger partial charge in [0.25, 0.3) is 0 Å². The summed E-state index contributed by atoms with van der Waals surface area (Å²) in [5, 5.41) is 2.82. The Balaban J connectivity index is 1.77. The maximum atomic E-state index is 12.3. The van der Waals surface area contributed by atoms with E-state index in [0.29, 0.717) is 24.6 Å². The maximum absolute atomic E-state index is 12.3. The predicted molar refractivity (Wildman–Crippen MR) is 129 cm³/mol. The van der Waals surface area contributed by atoms with Crippen molar-refractivity contribution in [2.75, 3.05) is 36.0 Å². The van der Waals surface area contributed by atoms with E-state index in [2.05, 4.69) is 36.5 Å². The highest BCUT2D eigenvalue weighted by atomic mass is 32.2. The van der Waals surface area contributed by atoms with Gasteiger partial charge in [0, 0.05) is 12.3 Å². The number of benzene rings is 2. The molecule has 0 unspecified atom stereocenters. The Kier molecular flexibility index (Phi) is 10.2. The number of ether oxygens (including phenoxy) is 1. The average molecular weight is 465 g/mol. The summed E-state index contributed by atoms with van der Waals surface area (Å²) in [4.78, 5) is 12.3. The molecule has 1 amide bonds. The molecule has 0 saturated heterocycles. The van der Waals surface area contributed by atoms with Crippen LogP contribution in [-0.2, 0) is 20.6 Å². The zero-order chi connectivity index (χ0) is 22.7. The van der Waals surface area contributed by atoms with Crippen LogP contribution in [0.2, 0.25) is 0 Å². The second-order valence-corrected chi connectivity index (χ2v) is 10.4. The van der Waals surface area contributed by atoms with Crippen LogP contribution in [-0.4, -0.2) is 46.0 Å². The second-order valence-electron chi connectivity index (χ2n) is 7.35. The van der Waals surface area contributed by atoms with Gasteiger partial charge < -0.3 is 10.1 Å². The summed E-state index contributed by atoms with van der Waals surface area (Å²) in [5.74, 6) is 2.21. The lowest BCUT2D eigenvalue weighted by atomic mass is 10.2. The molecule has 31 heavy (non-hydrogen) atoms. The second kappa shape index (κ2) is 12.6. The van der Waals surface area contributed by atoms with E-state index in [0.717, 1.165) is 34.9 Å². The van der Waals surface area contributed by atoms with Gasteiger partial charge in [-0.1, -0.05) is 36.8 Å². The molecule has 0 saturated carbocycles. The normalized spacial score (nSPS) is 11.2. The largest absolute Gasteiger partial charge is 0.494 e. The topological polar surface area (TPSA) is 75.7 Å². The molecule has 0 aliphatic carbocycles. The van der Waals surface area contributed by atoms with Crippen LogP contribution in [0.15, 0.2) is 48.5 Å². The van der Waals surface area contributed by atoms with E-state index in [1.54, 1.807) is 24.3 Å². The third-order valence-corrected chi connectivity index (χ3v) is 6.72. The first kappa shape index (κ1) is 25.1. The van der Waals surface area contributed by atoms with E-state index < -0.39 is 10.0 Å². The van der Waals surface area contributed by atoms with Crippen molar-refractivity contribution in [1.29, 1.82) is 0 Å². The maximum Gasteiger partial charge on any atom is 0.240 e. The zero-order valence-corrected chi connectivity index (χ0v) is 20.1. The van der Waals surface area contributed by atoms with E-state index in [1.807, 2.05) is 18.7 Å². The summed E-state index contributed by atoms with van der Waals surface area (Å²) in [7, 11) is -3.59. The monoisotopic (exact) mass is 464 g/mol. The Hall–Kier alpha value is -2.19. The first-order valence-electron chi connectivity index (χ1n) is 10.4. The van der Waals surface area contributed by atoms with Crippen LogP contribution in [0.5, 0.6) is 5.75 Å². The number of nitrogens with zero attached hydrogens (tertiary/aromatic N) is 1. The van der Waals surface area contributed by atoms with E-state index in [-0.39, 0.29) is 12.5 Å². The Bertz CT molecular complexity index is 914. The van der Waals surface area contributed by atoms with Crippen molar-refractivity contribution in [2.24, 2.45) is 0 Å². The molecule has 0 radical (unpaired) electrons. The Morgan fingerprint density at radius 1 is 1.10 bits per heavy atom. The lowest BCUT2D eigenvalue weighted by molar-refractivity contribution is -0.119. The Morgan fingerprint density at radius 3 is 2.39 bits per heavy atom. The van der Waals surface area contributed by atoms with Gasteiger partial charge in [0.15, 0.2) is 0 Å². The Morgan fingerprint density at radius 2 is 1.77 bits per heavy atom. The van der Waals surface area contributed by atoms with Gasteiger partial charge in [-0.15, -0.1) is 0 Å². The predicted octanol–water partition coefficient (Wildman–Crippen LogP) is 3.99. The molecule has 0 bridgehead atoms. The minimum Gasteiger partial charge on any atom is -0.494 e. The van der Waals surface area contributed by atoms with Crippen LogP contribution in [0, 0.1) is 6.92 Å². The summed E-state index contributed by atoms with van der Waals surface area (Å²) in [6.45, 7) is 4.95. The first-order chi connectivity index (χ1) is 14.8. The third kappa shape index (κ3) is 9.23. The van der Waals surface area contributed by atoms with Gasteiger partial charge in [0.05, 0.1) is 18.6 Å². The van der Waals surface area contributed by atoms with E-state index in [1.165, 1.54) is 11.1 Å². The fourth-order valence-electron chi connectivity index (χ4n) is 2.79. The molecule has 6 nitrogen and oxygen atoms in total. The number of thioether (sulfide) groups is 1. The molecule has 0 aromatic heterocycles. The zero-order valence-electron chi connectivity index (χ0n) is 18.5. The average Bonchev–Trinajstić information content (AvgIpc) is 2.74. The van der Waals surface area contributed by atoms with Crippen molar-refractivity contribution < 1.29 is 17.9 Å². The fraction of sp³-hybridized carbons (Fsp3) is 0.435. The van der Waals surface area contributed by atoms with Gasteiger partial charge in [-0.25, -0.2) is 8.42 Å². The van der Waals surface area contributed by atoms with Crippen molar-refractivity contribution in [1.82, 2.24) is 5.32 Å². The molecule has 0 heterocycles. The van der Waals surface area contributed by atoms with Gasteiger partial charge in [0.1, 0.15) is 12.3 Å². The summed E-state index contributed by atoms with van der Waals surface area (Å²) < 4.78 is 31.0. The van der Waals surface area contributed by atoms with Gasteiger partial charge in [0.2, 0.25) is 15.9 Å². The molecule has 2 aromatic rings. The molecule has 0 fully saturated rings. The molecule has 170 valence electrons. The van der Waals surface area contributed by atoms with Crippen LogP contribution < -0.4 is 14.4 Å². The number of rotatable bonds is 13. The number of nitrogens with one attached hydrogen (secondary N) is 1. The van der Waals surface area contributed by atoms with Crippen molar-refractivity contribution >= 4 is 33.4 Å². The SMILES string of the molecule is CCCOc1ccc(N(CC(=O)NCCCSCc2ccc(C)cc2)S(C)(=O)=O)cc1. The number of sulfonamides is 1. The van der Waals surface area contributed by atoms with Crippen molar-refractivity contribution in [3.05, 3.63) is 59.7 Å². The number of hydrogen-bond donors (Lipinski definition) is 1. The quantitative estimate of drug-likeness (QED) is 0.454. The molecule has 0 atom stereocenters. The smallest absolute Gasteiger partial charge is 0.240 e. The number of carbonyl (C=O) groups is 1. The third-order valence-electron chi connectivity index (χ3n) is 4.46. The standard InChI is InChI=1S/C23H32N2O4S2/c1-4-15-29-22-12-10-21(11-13-22)25(31(3,27)28)17-23(26)24-14-5-16-30-18-20-8-6-19(2)7-9-20/h6-13H,4-5,14-18H2,1-3H3,(H,24,26). The number of hydrogen-bond acceptors (Lipinski definition) is 5. The van der Waals surface area contributed by atoms with E-state index in [4.69, 9.17) is 4.74 Å². The van der Waals surface area contributed by atoms with Crippen LogP contribution in [0.3, 0.4) is 0 Å². The molecule has 0 spiro atoms. The summed E-state index contributed by atoms with van der Waals surface area (Å²) >= 11 is 1.82. The highest BCUT2D eigenvalue weighted by Gasteiger charge is 2.20. The minimum atomic E-state index is -3.59. The summed E-state index contributed by atoms with van der Waals surface area (Å²) in [5.41, 5.74) is 2.98. The number of amides is 1. The molecule has 0 aliphatic rings. The van der Waals surface area contributed by atoms with Crippen molar-refractivity contribution in [3.8, 4) is 5.75 Å². The summed E-state index contributed by atoms with van der Waals surface area (Å²) in [6.07, 6.45) is 2.82. The van der Waals surface area contributed by atoms with Gasteiger partial charge in [-0.2, -0.15) is 11.8 Å². The van der Waals surface area contributed by atoms with Crippen molar-refractivity contribution in [2.45, 2.75) is 32.4 Å². The van der Waals surface area contributed by atoms with Gasteiger partial charge in [-0.05, 0) is 55.3 Å². The van der Waals surface area contributed by atoms with Crippen LogP contribution >= 0.6 is 11.8 Å². The molecule has 2 rings (SSSR count). The van der Waals surface area contributed by atoms with E-state index in [9.17, 15) is 13.2 Å². The van der Waals surface area contributed by atoms with Crippen LogP contribution in [0.25, 0.3) is 0 Å². The fourth-order valence-corrected chi connectivity index (χ4v) is 4.57. The minimum absolute atomic E-state index is 0.246. The molecular weight excluding hydrogens is 432 g/mol. The molecule has 1 N–H and O–H groups in total. The van der Waals surface area contributed by atoms with Crippen LogP contribution in [0.4, 0.5) is 5.69 Å². The highest BCUT2D eigenvalue weighted by molar-refractivity contribution is 7.98. The van der Waals surface area contributed by atoms with Crippen molar-refractivity contribution in [3.63, 3.8) is 0 Å². The first-order valence-corrected chi connectivity index (χ1v) is 13.4. The lowest BCUT2D eigenvalue weighted by Gasteiger charge is -2.22. The van der Waals surface area contributed by atoms with Gasteiger partial charge in [-0.3, -0.25) is 9.10 Å². The van der Waals surface area contributed by atoms with E-state index >= 15 is 0 Å². The van der Waals surface area contributed by atoms with Gasteiger partial charge >= 0.3 is 0 Å². The number of aryl methyl sites for hydroxylation is 1. The summed E-state index contributed by atoms with van der Waals surface area (Å²) in [6, 6.07) is 15.2. The van der Waals surface area contributed by atoms with Crippen LogP contribution in [0.1, 0.15) is 30.9 Å². The molecule has 2 aromatic carbocycles. The Labute approximate surface area is 190 Å². The molecular formula is C23H32N2O4S2. The molecule has 0 aliphatic heterocycles. The lowest BCUT2D eigenvalue weighted by Crippen LogP contribution is -2.40. The molecule has 8 heteroatoms. The highest BCUT2D eigenvalue weighted by Crippen LogP contribution is 2.21.